The highest BCUT2D eigenvalue weighted by Crippen LogP contribution is 2.18. The normalized spacial score (nSPS) is 11.5. The summed E-state index contributed by atoms with van der Waals surface area (Å²) in [4.78, 5) is 24.6. The number of fused-ring (bicyclic) bond motifs is 1. The molecule has 1 amide bonds. The summed E-state index contributed by atoms with van der Waals surface area (Å²) in [5.74, 6) is 0.167. The van der Waals surface area contributed by atoms with Gasteiger partial charge in [0.2, 0.25) is 5.96 Å². The number of hydrogen-bond donors (Lipinski definition) is 3. The Labute approximate surface area is 181 Å². The first-order valence-corrected chi connectivity index (χ1v) is 10.4. The zero-order valence-corrected chi connectivity index (χ0v) is 17.4. The van der Waals surface area contributed by atoms with Gasteiger partial charge in [-0.15, -0.1) is 0 Å². The van der Waals surface area contributed by atoms with Crippen LogP contribution in [0.15, 0.2) is 84.2 Å². The minimum atomic E-state index is -0.252. The maximum absolute atomic E-state index is 12.7. The average molecular weight is 412 g/mol. The van der Waals surface area contributed by atoms with Gasteiger partial charge in [0.25, 0.3) is 5.91 Å². The highest BCUT2D eigenvalue weighted by molar-refractivity contribution is 6.09. The lowest BCUT2D eigenvalue weighted by molar-refractivity contribution is 0.0976. The first-order valence-electron chi connectivity index (χ1n) is 10.4. The molecule has 2 heterocycles. The molecule has 0 aliphatic carbocycles. The fraction of sp³-hybridized carbons (Fsp3) is 0.160. The fourth-order valence-electron chi connectivity index (χ4n) is 3.42. The Kier molecular flexibility index (Phi) is 6.38. The first kappa shape index (κ1) is 20.3. The van der Waals surface area contributed by atoms with Crippen LogP contribution in [0.4, 0.5) is 5.69 Å². The molecule has 0 aliphatic rings. The van der Waals surface area contributed by atoms with Gasteiger partial charge in [-0.1, -0.05) is 37.3 Å². The summed E-state index contributed by atoms with van der Waals surface area (Å²) in [6.45, 7) is 2.64. The number of amides is 1. The Hall–Kier alpha value is -3.93. The highest BCUT2D eigenvalue weighted by Gasteiger charge is 2.10. The maximum atomic E-state index is 12.7. The molecule has 2 aromatic carbocycles. The molecule has 0 unspecified atom stereocenters. The van der Waals surface area contributed by atoms with Crippen molar-refractivity contribution in [2.45, 2.75) is 19.8 Å². The van der Waals surface area contributed by atoms with Gasteiger partial charge >= 0.3 is 0 Å². The summed E-state index contributed by atoms with van der Waals surface area (Å²) < 4.78 is 0. The number of pyridine rings is 1. The molecule has 3 N–H and O–H groups in total. The molecule has 0 radical (unpaired) electrons. The summed E-state index contributed by atoms with van der Waals surface area (Å²) in [5.41, 5.74) is 4.89. The number of aromatic amines is 1. The van der Waals surface area contributed by atoms with Gasteiger partial charge in [0.1, 0.15) is 0 Å². The van der Waals surface area contributed by atoms with E-state index in [0.717, 1.165) is 24.0 Å². The van der Waals surface area contributed by atoms with Crippen LogP contribution in [0.3, 0.4) is 0 Å². The number of H-pyrrole nitrogens is 1. The summed E-state index contributed by atoms with van der Waals surface area (Å²) in [7, 11) is 0. The smallest absolute Gasteiger partial charge is 0.259 e. The summed E-state index contributed by atoms with van der Waals surface area (Å²) >= 11 is 0. The Morgan fingerprint density at radius 2 is 2.00 bits per heavy atom. The van der Waals surface area contributed by atoms with Crippen LogP contribution in [-0.2, 0) is 12.8 Å². The Balaban J connectivity index is 1.52. The van der Waals surface area contributed by atoms with Crippen LogP contribution in [0.1, 0.15) is 28.4 Å². The quantitative estimate of drug-likeness (QED) is 0.321. The Bertz CT molecular complexity index is 1200. The predicted octanol–water partition coefficient (Wildman–Crippen LogP) is 4.57. The molecular formula is C25H25N5O. The maximum Gasteiger partial charge on any atom is 0.259 e. The minimum absolute atomic E-state index is 0.252. The van der Waals surface area contributed by atoms with Crippen molar-refractivity contribution in [1.82, 2.24) is 15.3 Å². The third-order valence-electron chi connectivity index (χ3n) is 5.08. The number of aliphatic imine (C=N–C) groups is 1. The lowest BCUT2D eigenvalue weighted by Crippen LogP contribution is -2.36. The lowest BCUT2D eigenvalue weighted by Gasteiger charge is -2.12. The van der Waals surface area contributed by atoms with Crippen molar-refractivity contribution >= 4 is 28.5 Å². The van der Waals surface area contributed by atoms with Crippen LogP contribution in [0.25, 0.3) is 10.9 Å². The number of hydrogen-bond acceptors (Lipinski definition) is 3. The Morgan fingerprint density at radius 1 is 1.10 bits per heavy atom. The first-order chi connectivity index (χ1) is 15.2. The fourth-order valence-corrected chi connectivity index (χ4v) is 3.42. The molecule has 0 fully saturated rings. The van der Waals surface area contributed by atoms with E-state index in [1.165, 1.54) is 22.7 Å². The third-order valence-corrected chi connectivity index (χ3v) is 5.08. The zero-order valence-electron chi connectivity index (χ0n) is 17.4. The van der Waals surface area contributed by atoms with E-state index in [4.69, 9.17) is 0 Å². The van der Waals surface area contributed by atoms with Gasteiger partial charge in [-0.05, 0) is 54.3 Å². The van der Waals surface area contributed by atoms with E-state index in [1.807, 2.05) is 30.5 Å². The van der Waals surface area contributed by atoms with Crippen molar-refractivity contribution in [3.8, 4) is 0 Å². The van der Waals surface area contributed by atoms with E-state index in [-0.39, 0.29) is 5.91 Å². The molecule has 2 aromatic heterocycles. The predicted molar refractivity (Wildman–Crippen MR) is 125 cm³/mol. The molecule has 31 heavy (non-hydrogen) atoms. The second kappa shape index (κ2) is 9.71. The van der Waals surface area contributed by atoms with Gasteiger partial charge < -0.3 is 10.3 Å². The van der Waals surface area contributed by atoms with Gasteiger partial charge in [-0.2, -0.15) is 0 Å². The van der Waals surface area contributed by atoms with E-state index in [1.54, 1.807) is 18.3 Å². The molecule has 4 rings (SSSR count). The average Bonchev–Trinajstić information content (AvgIpc) is 3.23. The van der Waals surface area contributed by atoms with E-state index < -0.39 is 0 Å². The van der Waals surface area contributed by atoms with Gasteiger partial charge in [-0.25, -0.2) is 0 Å². The number of carbonyl (C=O) groups is 1. The van der Waals surface area contributed by atoms with Crippen molar-refractivity contribution < 1.29 is 4.79 Å². The van der Waals surface area contributed by atoms with E-state index >= 15 is 0 Å². The van der Waals surface area contributed by atoms with Crippen molar-refractivity contribution in [1.29, 1.82) is 0 Å². The number of benzene rings is 2. The van der Waals surface area contributed by atoms with Crippen molar-refractivity contribution in [3.63, 3.8) is 0 Å². The topological polar surface area (TPSA) is 82.2 Å². The van der Waals surface area contributed by atoms with Gasteiger partial charge in [-0.3, -0.25) is 20.1 Å². The summed E-state index contributed by atoms with van der Waals surface area (Å²) in [6, 6.07) is 19.8. The SMILES string of the molecule is CCc1cccc(NC(=NCCc2c[nH]c3ccccc23)NC(=O)c2cccnc2)c1. The molecule has 0 saturated heterocycles. The second-order valence-corrected chi connectivity index (χ2v) is 7.21. The molecule has 6 heteroatoms. The van der Waals surface area contributed by atoms with Crippen molar-refractivity contribution in [2.24, 2.45) is 4.99 Å². The van der Waals surface area contributed by atoms with Crippen LogP contribution in [-0.4, -0.2) is 28.4 Å². The van der Waals surface area contributed by atoms with Crippen LogP contribution in [0.2, 0.25) is 0 Å². The number of anilines is 1. The van der Waals surface area contributed by atoms with Gasteiger partial charge in [0.05, 0.1) is 5.56 Å². The molecule has 0 bridgehead atoms. The van der Waals surface area contributed by atoms with Crippen LogP contribution in [0, 0.1) is 0 Å². The monoisotopic (exact) mass is 411 g/mol. The summed E-state index contributed by atoms with van der Waals surface area (Å²) in [5, 5.41) is 7.35. The molecule has 4 aromatic rings. The minimum Gasteiger partial charge on any atom is -0.361 e. The number of aryl methyl sites for hydroxylation is 1. The van der Waals surface area contributed by atoms with E-state index in [2.05, 4.69) is 56.8 Å². The lowest BCUT2D eigenvalue weighted by atomic mass is 10.1. The van der Waals surface area contributed by atoms with Crippen molar-refractivity contribution in [3.05, 3.63) is 95.9 Å². The number of nitrogens with one attached hydrogen (secondary N) is 3. The molecular weight excluding hydrogens is 386 g/mol. The van der Waals surface area contributed by atoms with E-state index in [9.17, 15) is 4.79 Å². The largest absolute Gasteiger partial charge is 0.361 e. The van der Waals surface area contributed by atoms with E-state index in [0.29, 0.717) is 18.1 Å². The van der Waals surface area contributed by atoms with Crippen LogP contribution in [0.5, 0.6) is 0 Å². The molecule has 156 valence electrons. The zero-order chi connectivity index (χ0) is 21.5. The summed E-state index contributed by atoms with van der Waals surface area (Å²) in [6.07, 6.45) is 6.89. The molecule has 0 atom stereocenters. The number of aromatic nitrogens is 2. The molecule has 0 saturated carbocycles. The van der Waals surface area contributed by atoms with Crippen LogP contribution < -0.4 is 10.6 Å². The number of carbonyl (C=O) groups excluding carboxylic acids is 1. The number of para-hydroxylation sites is 1. The van der Waals surface area contributed by atoms with Gasteiger partial charge in [0.15, 0.2) is 0 Å². The number of guanidine groups is 1. The molecule has 0 spiro atoms. The molecule has 0 aliphatic heterocycles. The van der Waals surface area contributed by atoms with Crippen LogP contribution >= 0.6 is 0 Å². The third kappa shape index (κ3) is 5.17. The number of nitrogens with zero attached hydrogens (tertiary/aromatic N) is 2. The van der Waals surface area contributed by atoms with Gasteiger partial charge in [0, 0.05) is 41.7 Å². The highest BCUT2D eigenvalue weighted by atomic mass is 16.1. The molecule has 6 nitrogen and oxygen atoms in total. The number of rotatable bonds is 6. The Morgan fingerprint density at radius 3 is 2.84 bits per heavy atom. The second-order valence-electron chi connectivity index (χ2n) is 7.21. The van der Waals surface area contributed by atoms with Crippen molar-refractivity contribution in [2.75, 3.05) is 11.9 Å². The standard InChI is InChI=1S/C25H25N5O/c1-2-18-7-5-9-21(15-18)29-25(30-24(31)20-8-6-13-26-16-20)27-14-12-19-17-28-23-11-4-3-10-22(19)23/h3-11,13,15-17,28H,2,12,14H2,1H3,(H2,27,29,30,31).